The third-order valence-electron chi connectivity index (χ3n) is 8.05. The minimum absolute atomic E-state index is 0.287. The molecule has 44 heavy (non-hydrogen) atoms. The molecule has 0 saturated carbocycles. The number of hydrogen-bond acceptors (Lipinski definition) is 4. The van der Waals surface area contributed by atoms with Crippen molar-refractivity contribution in [3.05, 3.63) is 36.5 Å². The van der Waals surface area contributed by atoms with E-state index in [9.17, 15) is 22.9 Å². The van der Waals surface area contributed by atoms with E-state index in [2.05, 4.69) is 43.5 Å². The summed E-state index contributed by atoms with van der Waals surface area (Å²) in [5.41, 5.74) is 0. The van der Waals surface area contributed by atoms with Crippen molar-refractivity contribution in [2.45, 2.75) is 187 Å². The van der Waals surface area contributed by atoms with Gasteiger partial charge in [-0.05, 0) is 44.9 Å². The Labute approximate surface area is 272 Å². The van der Waals surface area contributed by atoms with Crippen LogP contribution in [-0.4, -0.2) is 41.9 Å². The van der Waals surface area contributed by atoms with Gasteiger partial charge in [0.25, 0.3) is 10.1 Å². The fourth-order valence-corrected chi connectivity index (χ4v) is 6.04. The summed E-state index contributed by atoms with van der Waals surface area (Å²) in [6, 6.07) is -1.07. The first-order chi connectivity index (χ1) is 21.3. The number of amides is 1. The highest BCUT2D eigenvalue weighted by Crippen LogP contribution is 2.14. The van der Waals surface area contributed by atoms with E-state index < -0.39 is 28.0 Å². The maximum atomic E-state index is 12.4. The van der Waals surface area contributed by atoms with E-state index in [4.69, 9.17) is 0 Å². The first-order valence-electron chi connectivity index (χ1n) is 18.2. The van der Waals surface area contributed by atoms with Gasteiger partial charge in [-0.1, -0.05) is 159 Å². The van der Waals surface area contributed by atoms with Crippen LogP contribution in [0.2, 0.25) is 0 Å². The number of carbonyl (C=O) groups is 1. The van der Waals surface area contributed by atoms with E-state index >= 15 is 0 Å². The molecule has 0 aromatic heterocycles. The molecule has 0 saturated heterocycles. The van der Waals surface area contributed by atoms with Crippen LogP contribution in [0.5, 0.6) is 0 Å². The summed E-state index contributed by atoms with van der Waals surface area (Å²) in [5.74, 6) is -1.01. The number of unbranched alkanes of at least 4 members (excludes halogenated alkanes) is 20. The van der Waals surface area contributed by atoms with Gasteiger partial charge in [0, 0.05) is 6.42 Å². The second-order valence-corrected chi connectivity index (χ2v) is 14.0. The van der Waals surface area contributed by atoms with Crippen molar-refractivity contribution in [2.24, 2.45) is 0 Å². The van der Waals surface area contributed by atoms with Crippen molar-refractivity contribution in [2.75, 3.05) is 5.75 Å². The number of carbonyl (C=O) groups excluding carboxylic acids is 1. The fourth-order valence-electron chi connectivity index (χ4n) is 5.30. The Balaban J connectivity index is 4.07. The highest BCUT2D eigenvalue weighted by molar-refractivity contribution is 7.85. The van der Waals surface area contributed by atoms with Crippen LogP contribution in [0, 0.1) is 0 Å². The third kappa shape index (κ3) is 32.0. The molecule has 7 heteroatoms. The van der Waals surface area contributed by atoms with Gasteiger partial charge >= 0.3 is 0 Å². The molecule has 2 unspecified atom stereocenters. The Morgan fingerprint density at radius 2 is 0.977 bits per heavy atom. The molecule has 2 atom stereocenters. The molecule has 0 aliphatic carbocycles. The molecular weight excluding hydrogens is 570 g/mol. The summed E-state index contributed by atoms with van der Waals surface area (Å²) >= 11 is 0. The largest absolute Gasteiger partial charge is 0.387 e. The Morgan fingerprint density at radius 1 is 0.591 bits per heavy atom. The lowest BCUT2D eigenvalue weighted by molar-refractivity contribution is -0.122. The fraction of sp³-hybridized carbons (Fsp3) is 0.811. The van der Waals surface area contributed by atoms with Gasteiger partial charge in [-0.3, -0.25) is 9.35 Å². The van der Waals surface area contributed by atoms with E-state index in [0.29, 0.717) is 6.42 Å². The number of allylic oxidation sites excluding steroid dienone is 5. The van der Waals surface area contributed by atoms with E-state index in [1.54, 1.807) is 6.08 Å². The topological polar surface area (TPSA) is 104 Å². The van der Waals surface area contributed by atoms with Crippen LogP contribution in [0.25, 0.3) is 0 Å². The van der Waals surface area contributed by atoms with Crippen molar-refractivity contribution in [1.82, 2.24) is 5.32 Å². The Bertz CT molecular complexity index is 837. The zero-order valence-corrected chi connectivity index (χ0v) is 29.3. The lowest BCUT2D eigenvalue weighted by atomic mass is 10.0. The number of aliphatic hydroxyl groups is 1. The minimum Gasteiger partial charge on any atom is -0.387 e. The van der Waals surface area contributed by atoms with Crippen molar-refractivity contribution in [1.29, 1.82) is 0 Å². The molecule has 0 aliphatic rings. The molecule has 0 aromatic rings. The monoisotopic (exact) mass is 639 g/mol. The van der Waals surface area contributed by atoms with Crippen LogP contribution < -0.4 is 5.32 Å². The molecule has 3 N–H and O–H groups in total. The van der Waals surface area contributed by atoms with Crippen molar-refractivity contribution in [3.8, 4) is 0 Å². The minimum atomic E-state index is -4.35. The predicted octanol–water partition coefficient (Wildman–Crippen LogP) is 10.2. The molecule has 0 radical (unpaired) electrons. The standard InChI is InChI=1S/C37H69NO5S/c1-3-5-7-9-11-13-15-17-19-20-22-24-26-28-30-32-36(39)35(34-44(41,42)43)38-37(40)33-31-29-27-25-23-21-18-16-14-12-10-8-6-4-2/h15,17,22,24,30,32,35-36,39H,3-14,16,18-21,23,25-29,31,33-34H2,1-2H3,(H,38,40)(H,41,42,43)/b17-15+,24-22+,32-30+. The number of hydrogen-bond donors (Lipinski definition) is 3. The van der Waals surface area contributed by atoms with Crippen LogP contribution >= 0.6 is 0 Å². The van der Waals surface area contributed by atoms with Crippen LogP contribution in [0.1, 0.15) is 174 Å². The average molecular weight is 640 g/mol. The first-order valence-corrected chi connectivity index (χ1v) is 19.8. The molecule has 0 heterocycles. The summed E-state index contributed by atoms with van der Waals surface area (Å²) < 4.78 is 32.3. The molecule has 0 bridgehead atoms. The summed E-state index contributed by atoms with van der Waals surface area (Å²) in [4.78, 5) is 12.4. The third-order valence-corrected chi connectivity index (χ3v) is 8.83. The van der Waals surface area contributed by atoms with Crippen molar-refractivity contribution >= 4 is 16.0 Å². The van der Waals surface area contributed by atoms with Crippen LogP contribution in [0.3, 0.4) is 0 Å². The van der Waals surface area contributed by atoms with Gasteiger partial charge in [0.15, 0.2) is 0 Å². The molecule has 0 spiro atoms. The highest BCUT2D eigenvalue weighted by atomic mass is 32.2. The second kappa shape index (κ2) is 31.5. The molecule has 0 aromatic carbocycles. The smallest absolute Gasteiger partial charge is 0.267 e. The maximum absolute atomic E-state index is 12.4. The van der Waals surface area contributed by atoms with Crippen LogP contribution in [0.4, 0.5) is 0 Å². The summed E-state index contributed by atoms with van der Waals surface area (Å²) in [6.45, 7) is 4.49. The maximum Gasteiger partial charge on any atom is 0.267 e. The van der Waals surface area contributed by atoms with Crippen LogP contribution in [0.15, 0.2) is 36.5 Å². The zero-order valence-electron chi connectivity index (χ0n) is 28.5. The van der Waals surface area contributed by atoms with E-state index in [-0.39, 0.29) is 12.3 Å². The Kier molecular flexibility index (Phi) is 30.5. The Hall–Kier alpha value is -1.44. The first kappa shape index (κ1) is 42.6. The molecule has 6 nitrogen and oxygen atoms in total. The number of rotatable bonds is 32. The predicted molar refractivity (Wildman–Crippen MR) is 189 cm³/mol. The van der Waals surface area contributed by atoms with Crippen molar-refractivity contribution in [3.63, 3.8) is 0 Å². The zero-order chi connectivity index (χ0) is 32.6. The molecule has 258 valence electrons. The highest BCUT2D eigenvalue weighted by Gasteiger charge is 2.24. The summed E-state index contributed by atoms with van der Waals surface area (Å²) in [7, 11) is -4.35. The molecule has 0 fully saturated rings. The summed E-state index contributed by atoms with van der Waals surface area (Å²) in [6.07, 6.45) is 39.8. The summed E-state index contributed by atoms with van der Waals surface area (Å²) in [5, 5.41) is 13.1. The van der Waals surface area contributed by atoms with Gasteiger partial charge < -0.3 is 10.4 Å². The van der Waals surface area contributed by atoms with E-state index in [1.807, 2.05) is 0 Å². The van der Waals surface area contributed by atoms with E-state index in [1.165, 1.54) is 115 Å². The van der Waals surface area contributed by atoms with Crippen molar-refractivity contribution < 1.29 is 22.9 Å². The second-order valence-electron chi connectivity index (χ2n) is 12.5. The van der Waals surface area contributed by atoms with Gasteiger partial charge in [-0.25, -0.2) is 0 Å². The Morgan fingerprint density at radius 3 is 1.43 bits per heavy atom. The molecule has 1 amide bonds. The molecular formula is C37H69NO5S. The van der Waals surface area contributed by atoms with Gasteiger partial charge in [-0.2, -0.15) is 8.42 Å². The van der Waals surface area contributed by atoms with Gasteiger partial charge in [0.05, 0.1) is 17.9 Å². The average Bonchev–Trinajstić information content (AvgIpc) is 2.98. The van der Waals surface area contributed by atoms with Gasteiger partial charge in [0.1, 0.15) is 0 Å². The lowest BCUT2D eigenvalue weighted by Crippen LogP contribution is -2.46. The molecule has 0 aliphatic heterocycles. The quantitative estimate of drug-likeness (QED) is 0.0386. The normalized spacial score (nSPS) is 13.8. The number of aliphatic hydroxyl groups excluding tert-OH is 1. The molecule has 0 rings (SSSR count). The van der Waals surface area contributed by atoms with Gasteiger partial charge in [-0.15, -0.1) is 0 Å². The van der Waals surface area contributed by atoms with Gasteiger partial charge in [0.2, 0.25) is 5.91 Å². The lowest BCUT2D eigenvalue weighted by Gasteiger charge is -2.21. The van der Waals surface area contributed by atoms with E-state index in [0.717, 1.165) is 38.5 Å². The number of nitrogens with one attached hydrogen (secondary N) is 1. The SMILES string of the molecule is CCCCCCC/C=C/CC/C=C/CC/C=C/C(O)C(CS(=O)(=O)O)NC(=O)CCCCCCCCCCCCCCCC. The van der Waals surface area contributed by atoms with Crippen LogP contribution in [-0.2, 0) is 14.9 Å².